The minimum absolute atomic E-state index is 0.187. The van der Waals surface area contributed by atoms with Gasteiger partial charge in [-0.2, -0.15) is 0 Å². The number of aliphatic hydroxyl groups excluding tert-OH is 1. The fourth-order valence-corrected chi connectivity index (χ4v) is 4.55. The van der Waals surface area contributed by atoms with E-state index in [1.165, 1.54) is 5.56 Å². The summed E-state index contributed by atoms with van der Waals surface area (Å²) in [7, 11) is 2.08. The minimum atomic E-state index is -0.671. The van der Waals surface area contributed by atoms with Gasteiger partial charge in [0.1, 0.15) is 11.9 Å². The van der Waals surface area contributed by atoms with E-state index in [1.54, 1.807) is 0 Å². The molecule has 2 aliphatic rings. The number of benzene rings is 2. The van der Waals surface area contributed by atoms with Gasteiger partial charge < -0.3 is 20.6 Å². The van der Waals surface area contributed by atoms with Crippen molar-refractivity contribution in [1.29, 1.82) is 0 Å². The lowest BCUT2D eigenvalue weighted by atomic mass is 10.0. The molecule has 0 saturated carbocycles. The van der Waals surface area contributed by atoms with Gasteiger partial charge in [-0.15, -0.1) is 0 Å². The monoisotopic (exact) mass is 502 g/mol. The summed E-state index contributed by atoms with van der Waals surface area (Å²) < 4.78 is 0. The maximum Gasteiger partial charge on any atom is 0.239 e. The highest BCUT2D eigenvalue weighted by atomic mass is 16.3. The Labute approximate surface area is 219 Å². The van der Waals surface area contributed by atoms with Crippen LogP contribution in [0.2, 0.25) is 0 Å². The quantitative estimate of drug-likeness (QED) is 0.437. The molecule has 8 heteroatoms. The molecule has 5 rings (SSSR count). The summed E-state index contributed by atoms with van der Waals surface area (Å²) in [5.41, 5.74) is 6.30. The van der Waals surface area contributed by atoms with Crippen LogP contribution in [0.3, 0.4) is 0 Å². The molecule has 0 aliphatic carbocycles. The number of carbonyl (C=O) groups excluding carboxylic acids is 1. The summed E-state index contributed by atoms with van der Waals surface area (Å²) in [5, 5.41) is 19.5. The summed E-state index contributed by atoms with van der Waals surface area (Å²) in [6.45, 7) is 6.63. The van der Waals surface area contributed by atoms with Crippen LogP contribution in [0, 0.1) is 0 Å². The number of aromatic nitrogens is 2. The minimum Gasteiger partial charge on any atom is -0.394 e. The molecule has 37 heavy (non-hydrogen) atoms. The van der Waals surface area contributed by atoms with E-state index < -0.39 is 6.04 Å². The fourth-order valence-electron chi connectivity index (χ4n) is 4.55. The Balaban J connectivity index is 1.65. The number of nitrogens with one attached hydrogen (secondary N) is 3. The molecule has 0 spiro atoms. The lowest BCUT2D eigenvalue weighted by molar-refractivity contribution is -0.124. The summed E-state index contributed by atoms with van der Waals surface area (Å²) in [6, 6.07) is 16.4. The smallest absolute Gasteiger partial charge is 0.239 e. The summed E-state index contributed by atoms with van der Waals surface area (Å²) in [4.78, 5) is 24.3. The van der Waals surface area contributed by atoms with Crippen LogP contribution in [-0.4, -0.2) is 64.7 Å². The lowest BCUT2D eigenvalue weighted by Gasteiger charge is -2.19. The predicted octanol–water partition coefficient (Wildman–Crippen LogP) is 2.96. The van der Waals surface area contributed by atoms with E-state index in [4.69, 9.17) is 4.98 Å². The van der Waals surface area contributed by atoms with E-state index in [0.29, 0.717) is 19.5 Å². The van der Waals surface area contributed by atoms with Crippen molar-refractivity contribution in [2.24, 2.45) is 0 Å². The van der Waals surface area contributed by atoms with Crippen molar-refractivity contribution < 1.29 is 9.90 Å². The van der Waals surface area contributed by atoms with E-state index in [2.05, 4.69) is 89.2 Å². The molecule has 8 nitrogen and oxygen atoms in total. The third kappa shape index (κ3) is 7.82. The average molecular weight is 503 g/mol. The maximum atomic E-state index is 12.7. The van der Waals surface area contributed by atoms with Gasteiger partial charge >= 0.3 is 0 Å². The molecule has 1 amide bonds. The fraction of sp³-hybridized carbons (Fsp3) is 0.414. The van der Waals surface area contributed by atoms with Gasteiger partial charge in [-0.25, -0.2) is 9.97 Å². The number of amides is 1. The number of carbonyl (C=O) groups is 1. The van der Waals surface area contributed by atoms with Gasteiger partial charge in [0.15, 0.2) is 0 Å². The first kappa shape index (κ1) is 26.7. The summed E-state index contributed by atoms with van der Waals surface area (Å²) in [5.74, 6) is 0.564. The molecule has 6 bridgehead atoms. The Morgan fingerprint density at radius 1 is 1.11 bits per heavy atom. The van der Waals surface area contributed by atoms with E-state index in [9.17, 15) is 9.90 Å². The molecular formula is C29H38N6O2. The third-order valence-electron chi connectivity index (χ3n) is 6.35. The number of hydrogen-bond donors (Lipinski definition) is 4. The van der Waals surface area contributed by atoms with Gasteiger partial charge in [-0.3, -0.25) is 10.1 Å². The van der Waals surface area contributed by atoms with Crippen LogP contribution in [0.5, 0.6) is 0 Å². The Morgan fingerprint density at radius 2 is 1.89 bits per heavy atom. The second-order valence-electron chi connectivity index (χ2n) is 10.1. The Bertz CT molecular complexity index is 1180. The van der Waals surface area contributed by atoms with Crippen LogP contribution in [0.4, 0.5) is 5.69 Å². The molecule has 3 heterocycles. The number of rotatable bonds is 3. The molecule has 3 aromatic rings. The molecule has 1 aromatic heterocycles. The van der Waals surface area contributed by atoms with Crippen molar-refractivity contribution in [1.82, 2.24) is 25.5 Å². The molecule has 2 aromatic carbocycles. The average Bonchev–Trinajstić information content (AvgIpc) is 2.86. The predicted molar refractivity (Wildman–Crippen MR) is 147 cm³/mol. The van der Waals surface area contributed by atoms with Crippen LogP contribution >= 0.6 is 0 Å². The van der Waals surface area contributed by atoms with Crippen molar-refractivity contribution in [2.45, 2.75) is 51.9 Å². The SMILES string of the molecule is CC(C)Nc1cc2cc(c1)Cc1nccc(n1)-c1ccc(cc1)CN(C)CCCNC(=O)[C@H](CO)NC2. The molecule has 1 atom stereocenters. The van der Waals surface area contributed by atoms with Crippen molar-refractivity contribution in [2.75, 3.05) is 32.1 Å². The second-order valence-corrected chi connectivity index (χ2v) is 10.1. The van der Waals surface area contributed by atoms with Crippen molar-refractivity contribution >= 4 is 11.6 Å². The van der Waals surface area contributed by atoms with Crippen molar-refractivity contribution in [3.8, 4) is 11.3 Å². The molecule has 196 valence electrons. The van der Waals surface area contributed by atoms with Crippen molar-refractivity contribution in [3.63, 3.8) is 0 Å². The van der Waals surface area contributed by atoms with Crippen molar-refractivity contribution in [3.05, 3.63) is 77.2 Å². The molecule has 2 aliphatic heterocycles. The number of anilines is 1. The Hall–Kier alpha value is -3.33. The zero-order valence-electron chi connectivity index (χ0n) is 22.0. The van der Waals surface area contributed by atoms with Gasteiger partial charge in [0, 0.05) is 49.5 Å². The summed E-state index contributed by atoms with van der Waals surface area (Å²) in [6.07, 6.45) is 3.23. The molecular weight excluding hydrogens is 464 g/mol. The number of hydrogen-bond acceptors (Lipinski definition) is 7. The number of aliphatic hydroxyl groups is 1. The van der Waals surface area contributed by atoms with Crippen LogP contribution in [-0.2, 0) is 24.3 Å². The van der Waals surface area contributed by atoms with Gasteiger partial charge in [0.25, 0.3) is 0 Å². The number of nitrogens with zero attached hydrogens (tertiary/aromatic N) is 3. The molecule has 0 fully saturated rings. The largest absolute Gasteiger partial charge is 0.394 e. The summed E-state index contributed by atoms with van der Waals surface area (Å²) >= 11 is 0. The van der Waals surface area contributed by atoms with Crippen LogP contribution in [0.25, 0.3) is 11.3 Å². The highest BCUT2D eigenvalue weighted by Crippen LogP contribution is 2.21. The second kappa shape index (κ2) is 12.8. The highest BCUT2D eigenvalue weighted by Gasteiger charge is 2.17. The molecule has 0 unspecified atom stereocenters. The van der Waals surface area contributed by atoms with E-state index in [-0.39, 0.29) is 18.6 Å². The highest BCUT2D eigenvalue weighted by molar-refractivity contribution is 5.81. The molecule has 0 radical (unpaired) electrons. The van der Waals surface area contributed by atoms with Gasteiger partial charge in [-0.05, 0) is 68.8 Å². The van der Waals surface area contributed by atoms with Gasteiger partial charge in [0.2, 0.25) is 5.91 Å². The molecule has 4 N–H and O–H groups in total. The normalized spacial score (nSPS) is 17.8. The lowest BCUT2D eigenvalue weighted by Crippen LogP contribution is -2.46. The molecule has 0 saturated heterocycles. The first-order chi connectivity index (χ1) is 17.9. The first-order valence-electron chi connectivity index (χ1n) is 13.0. The maximum absolute atomic E-state index is 12.7. The third-order valence-corrected chi connectivity index (χ3v) is 6.35. The zero-order valence-corrected chi connectivity index (χ0v) is 22.0. The Morgan fingerprint density at radius 3 is 2.65 bits per heavy atom. The topological polar surface area (TPSA) is 102 Å². The first-order valence-corrected chi connectivity index (χ1v) is 13.0. The van der Waals surface area contributed by atoms with E-state index in [0.717, 1.165) is 53.4 Å². The van der Waals surface area contributed by atoms with E-state index in [1.807, 2.05) is 12.3 Å². The van der Waals surface area contributed by atoms with Gasteiger partial charge in [0.05, 0.1) is 12.3 Å². The zero-order chi connectivity index (χ0) is 26.2. The number of fused-ring (bicyclic) bond motifs is 11. The van der Waals surface area contributed by atoms with Crippen LogP contribution in [0.1, 0.15) is 42.8 Å². The Kier molecular flexibility index (Phi) is 9.22. The van der Waals surface area contributed by atoms with Crippen LogP contribution < -0.4 is 16.0 Å². The standard InChI is InChI=1S/C29H38N6O2/c1-20(2)33-25-14-22-13-23(15-25)17-32-27(19-36)29(37)31-10-4-12-35(3)18-21-5-7-24(8-6-21)26-9-11-30-28(16-22)34-26/h5-9,11,13-15,20,27,32-33,36H,4,10,12,16-19H2,1-3H3,(H,31,37)/t27-/m0/s1. The van der Waals surface area contributed by atoms with E-state index >= 15 is 0 Å². The van der Waals surface area contributed by atoms with Crippen LogP contribution in [0.15, 0.2) is 54.7 Å². The van der Waals surface area contributed by atoms with Gasteiger partial charge in [-0.1, -0.05) is 30.3 Å².